The molecule has 0 bridgehead atoms. The number of aromatic nitrogens is 2. The molecule has 0 saturated heterocycles. The van der Waals surface area contributed by atoms with Gasteiger partial charge in [0, 0.05) is 48.2 Å². The molecule has 243 valence electrons. The summed E-state index contributed by atoms with van der Waals surface area (Å²) in [4.78, 5) is 8.85. The van der Waals surface area contributed by atoms with Crippen LogP contribution in [0.1, 0.15) is 70.9 Å². The van der Waals surface area contributed by atoms with Crippen molar-refractivity contribution in [2.45, 2.75) is 58.6 Å². The van der Waals surface area contributed by atoms with Gasteiger partial charge < -0.3 is 9.97 Å². The summed E-state index contributed by atoms with van der Waals surface area (Å²) < 4.78 is 67.1. The van der Waals surface area contributed by atoms with Gasteiger partial charge in [-0.3, -0.25) is 0 Å². The van der Waals surface area contributed by atoms with Crippen molar-refractivity contribution in [3.63, 3.8) is 0 Å². The van der Waals surface area contributed by atoms with Gasteiger partial charge in [0.25, 0.3) is 0 Å². The Kier molecular flexibility index (Phi) is 8.34. The van der Waals surface area contributed by atoms with Crippen LogP contribution < -0.4 is 0 Å². The minimum atomic E-state index is -2.49. The molecule has 1 radical (unpaired) electrons. The second-order valence-corrected chi connectivity index (χ2v) is 13.1. The maximum Gasteiger partial charge on any atom is 0.0366 e. The average molecular weight is 829 g/mol. The molecule has 0 spiro atoms. The molecule has 0 N–H and O–H groups in total. The van der Waals surface area contributed by atoms with Crippen molar-refractivity contribution >= 4 is 31.5 Å². The van der Waals surface area contributed by atoms with Crippen molar-refractivity contribution in [1.29, 1.82) is 0 Å². The average Bonchev–Trinajstić information content (AvgIpc) is 3.56. The van der Waals surface area contributed by atoms with Crippen LogP contribution in [0.2, 0.25) is 0 Å². The van der Waals surface area contributed by atoms with Crippen LogP contribution in [-0.4, -0.2) is 9.97 Å². The molecule has 1 saturated carbocycles. The number of rotatable bonds is 6. The van der Waals surface area contributed by atoms with Crippen LogP contribution >= 0.6 is 11.3 Å². The SMILES string of the molecule is [2H]C([2H])([2H])c1cc(-c2[c-]cc3sc4ccccc4c3c2)ncc1C([2H])([2H])c1ccccc1.[2H]C([2H])([2H])c1cnc(-c2[c-]cccc2)cc1CC1CCCCC1.[Ir]. The molecular weight excluding hydrogens is 781 g/mol. The number of aryl methyl sites for hydroxylation is 2. The first-order chi connectivity index (χ1) is 26.3. The quantitative estimate of drug-likeness (QED) is 0.156. The molecule has 48 heavy (non-hydrogen) atoms. The van der Waals surface area contributed by atoms with Gasteiger partial charge in [-0.2, -0.15) is 11.3 Å². The van der Waals surface area contributed by atoms with Crippen molar-refractivity contribution in [1.82, 2.24) is 9.97 Å². The van der Waals surface area contributed by atoms with Crippen LogP contribution in [-0.2, 0) is 32.9 Å². The summed E-state index contributed by atoms with van der Waals surface area (Å²) in [6.45, 7) is -4.59. The monoisotopic (exact) mass is 829 g/mol. The molecule has 3 aromatic heterocycles. The van der Waals surface area contributed by atoms with Gasteiger partial charge in [-0.25, -0.2) is 0 Å². The van der Waals surface area contributed by atoms with Gasteiger partial charge in [0.15, 0.2) is 0 Å². The number of hydrogen-bond donors (Lipinski definition) is 0. The number of fused-ring (bicyclic) bond motifs is 3. The molecule has 1 aliphatic carbocycles. The number of thiophene rings is 1. The van der Waals surface area contributed by atoms with Gasteiger partial charge in [0.2, 0.25) is 0 Å². The van der Waals surface area contributed by atoms with Gasteiger partial charge in [-0.15, -0.1) is 59.7 Å². The Bertz CT molecular complexity index is 2400. The van der Waals surface area contributed by atoms with Gasteiger partial charge in [0.05, 0.1) is 0 Å². The van der Waals surface area contributed by atoms with Crippen molar-refractivity contribution in [2.24, 2.45) is 5.92 Å². The Balaban J connectivity index is 0.000000197. The number of pyridine rings is 2. The van der Waals surface area contributed by atoms with Gasteiger partial charge in [0.1, 0.15) is 0 Å². The molecule has 3 heterocycles. The van der Waals surface area contributed by atoms with Crippen LogP contribution in [0, 0.1) is 31.8 Å². The molecule has 2 nitrogen and oxygen atoms in total. The predicted molar refractivity (Wildman–Crippen MR) is 199 cm³/mol. The molecular formula is C44H40IrN2S-2. The molecule has 7 aromatic rings. The number of nitrogens with zero attached hydrogens (tertiary/aromatic N) is 2. The zero-order valence-electron chi connectivity index (χ0n) is 34.4. The fourth-order valence-electron chi connectivity index (χ4n) is 6.27. The minimum Gasteiger partial charge on any atom is -0.304 e. The zero-order chi connectivity index (χ0) is 38.8. The van der Waals surface area contributed by atoms with E-state index in [1.54, 1.807) is 47.9 Å². The fraction of sp³-hybridized carbons (Fsp3) is 0.227. The Labute approximate surface area is 313 Å². The summed E-state index contributed by atoms with van der Waals surface area (Å²) in [7, 11) is 0. The largest absolute Gasteiger partial charge is 0.304 e. The molecule has 1 aliphatic rings. The van der Waals surface area contributed by atoms with Crippen molar-refractivity contribution in [3.05, 3.63) is 155 Å². The van der Waals surface area contributed by atoms with E-state index in [-0.39, 0.29) is 31.2 Å². The maximum atomic E-state index is 8.65. The first-order valence-electron chi connectivity index (χ1n) is 20.2. The van der Waals surface area contributed by atoms with Gasteiger partial charge in [-0.1, -0.05) is 109 Å². The zero-order valence-corrected chi connectivity index (χ0v) is 29.6. The van der Waals surface area contributed by atoms with E-state index in [0.717, 1.165) is 38.7 Å². The van der Waals surface area contributed by atoms with Crippen molar-refractivity contribution < 1.29 is 31.1 Å². The van der Waals surface area contributed by atoms with E-state index >= 15 is 0 Å². The van der Waals surface area contributed by atoms with Gasteiger partial charge in [-0.05, 0) is 76.6 Å². The Hall–Kier alpha value is -3.95. The summed E-state index contributed by atoms with van der Waals surface area (Å²) in [6.07, 6.45) is 7.99. The number of benzene rings is 4. The van der Waals surface area contributed by atoms with Crippen LogP contribution in [0.15, 0.2) is 116 Å². The summed E-state index contributed by atoms with van der Waals surface area (Å²) >= 11 is 1.69. The minimum absolute atomic E-state index is 0. The molecule has 8 rings (SSSR count). The van der Waals surface area contributed by atoms with Crippen molar-refractivity contribution in [3.8, 4) is 22.5 Å². The fourth-order valence-corrected chi connectivity index (χ4v) is 7.33. The van der Waals surface area contributed by atoms with Crippen LogP contribution in [0.25, 0.3) is 42.7 Å². The maximum absolute atomic E-state index is 8.65. The van der Waals surface area contributed by atoms with E-state index in [1.165, 1.54) is 49.1 Å². The molecule has 0 unspecified atom stereocenters. The molecule has 1 fully saturated rings. The Morgan fingerprint density at radius 1 is 0.729 bits per heavy atom. The molecule has 4 heteroatoms. The van der Waals surface area contributed by atoms with E-state index in [2.05, 4.69) is 34.2 Å². The van der Waals surface area contributed by atoms with E-state index in [9.17, 15) is 0 Å². The molecule has 0 aliphatic heterocycles. The third-order valence-corrected chi connectivity index (χ3v) is 9.88. The third-order valence-electron chi connectivity index (χ3n) is 8.75. The second kappa shape index (κ2) is 16.0. The number of hydrogen-bond acceptors (Lipinski definition) is 3. The third kappa shape index (κ3) is 8.01. The summed E-state index contributed by atoms with van der Waals surface area (Å²) in [5.41, 5.74) is 4.59. The molecule has 4 aromatic carbocycles. The Morgan fingerprint density at radius 3 is 2.31 bits per heavy atom. The first kappa shape index (κ1) is 25.1. The normalized spacial score (nSPS) is 16.4. The molecule has 0 atom stereocenters. The van der Waals surface area contributed by atoms with E-state index in [4.69, 9.17) is 11.0 Å². The smallest absolute Gasteiger partial charge is 0.0366 e. The van der Waals surface area contributed by atoms with Crippen LogP contribution in [0.4, 0.5) is 0 Å². The second-order valence-electron chi connectivity index (χ2n) is 12.0. The van der Waals surface area contributed by atoms with E-state index in [1.807, 2.05) is 54.6 Å². The first-order valence-corrected chi connectivity index (χ1v) is 17.0. The van der Waals surface area contributed by atoms with E-state index < -0.39 is 20.1 Å². The summed E-state index contributed by atoms with van der Waals surface area (Å²) in [5, 5.41) is 2.20. The van der Waals surface area contributed by atoms with Crippen LogP contribution in [0.3, 0.4) is 0 Å². The van der Waals surface area contributed by atoms with Crippen LogP contribution in [0.5, 0.6) is 0 Å². The standard InChI is InChI=1S/C25H18NS.C19H22N.Ir/c1-17-13-23(26-16-20(17)14-18-7-3-2-4-8-18)19-11-12-25-22(15-19)21-9-5-6-10-24(21)27-25;1-15-14-20-19(17-10-6-3-7-11-17)13-18(15)12-16-8-4-2-5-9-16;/h2-10,12-13,15-16H,14H2,1H3;3,6-7,10,13-14,16H,2,4-5,8-9,12H2,1H3;/q2*-1;/i1D3,14D2;1D3;. The summed E-state index contributed by atoms with van der Waals surface area (Å²) in [5.74, 6) is 0.597. The van der Waals surface area contributed by atoms with Gasteiger partial charge >= 0.3 is 0 Å². The van der Waals surface area contributed by atoms with E-state index in [0.29, 0.717) is 28.3 Å². The predicted octanol–water partition coefficient (Wildman–Crippen LogP) is 11.8. The Morgan fingerprint density at radius 2 is 1.50 bits per heavy atom. The molecule has 0 amide bonds. The van der Waals surface area contributed by atoms with Crippen molar-refractivity contribution in [2.75, 3.05) is 0 Å². The summed E-state index contributed by atoms with van der Waals surface area (Å²) in [6, 6.07) is 38.1. The topological polar surface area (TPSA) is 25.8 Å².